The van der Waals surface area contributed by atoms with Crippen molar-refractivity contribution in [3.05, 3.63) is 23.8 Å². The van der Waals surface area contributed by atoms with E-state index in [9.17, 15) is 0 Å². The lowest BCUT2D eigenvalue weighted by atomic mass is 9.89. The van der Waals surface area contributed by atoms with Crippen molar-refractivity contribution < 1.29 is 0 Å². The Balaban J connectivity index is 4.82. The molecule has 0 heterocycles. The Morgan fingerprint density at radius 3 is 2.43 bits per heavy atom. The molecule has 0 aliphatic carbocycles. The molecule has 0 spiro atoms. The molecule has 0 N–H and O–H groups in total. The van der Waals surface area contributed by atoms with Crippen molar-refractivity contribution in [1.82, 2.24) is 0 Å². The predicted molar refractivity (Wildman–Crippen MR) is 63.5 cm³/mol. The van der Waals surface area contributed by atoms with Crippen LogP contribution in [0.3, 0.4) is 0 Å². The Bertz CT molecular complexity index is 312. The highest BCUT2D eigenvalue weighted by Crippen LogP contribution is 2.19. The van der Waals surface area contributed by atoms with Gasteiger partial charge in [-0.05, 0) is 13.8 Å². The molecule has 0 aliphatic rings. The third kappa shape index (κ3) is 4.01. The summed E-state index contributed by atoms with van der Waals surface area (Å²) in [4.78, 5) is 0. The summed E-state index contributed by atoms with van der Waals surface area (Å²) in [6, 6.07) is 0. The predicted octanol–water partition coefficient (Wildman–Crippen LogP) is 3.42. The van der Waals surface area contributed by atoms with Gasteiger partial charge in [0, 0.05) is 17.4 Å². The summed E-state index contributed by atoms with van der Waals surface area (Å²) in [5.74, 6) is 9.31. The van der Waals surface area contributed by atoms with Crippen LogP contribution in [-0.4, -0.2) is 0 Å². The Morgan fingerprint density at radius 1 is 1.36 bits per heavy atom. The first-order valence-corrected chi connectivity index (χ1v) is 4.89. The van der Waals surface area contributed by atoms with Gasteiger partial charge in [0.25, 0.3) is 0 Å². The van der Waals surface area contributed by atoms with Gasteiger partial charge in [-0.1, -0.05) is 38.0 Å². The van der Waals surface area contributed by atoms with Crippen LogP contribution < -0.4 is 0 Å². The number of allylic oxidation sites excluding steroid dienone is 4. The fraction of sp³-hybridized carbons (Fsp3) is 0.429. The zero-order valence-corrected chi connectivity index (χ0v) is 9.46. The molecule has 74 valence electrons. The van der Waals surface area contributed by atoms with Gasteiger partial charge >= 0.3 is 0 Å². The van der Waals surface area contributed by atoms with Crippen molar-refractivity contribution in [1.29, 1.82) is 0 Å². The van der Waals surface area contributed by atoms with E-state index >= 15 is 0 Å². The molecule has 0 saturated heterocycles. The molecule has 0 saturated carbocycles. The van der Waals surface area contributed by atoms with Gasteiger partial charge in [-0.15, -0.1) is 18.3 Å². The van der Waals surface area contributed by atoms with Crippen LogP contribution in [0.1, 0.15) is 27.7 Å². The van der Waals surface area contributed by atoms with Crippen LogP contribution >= 0.6 is 0 Å². The summed E-state index contributed by atoms with van der Waals surface area (Å²) in [5, 5.41) is 0. The molecule has 0 aromatic heterocycles. The maximum absolute atomic E-state index is 5.39. The lowest BCUT2D eigenvalue weighted by Crippen LogP contribution is -2.07. The lowest BCUT2D eigenvalue weighted by molar-refractivity contribution is 0.560. The van der Waals surface area contributed by atoms with Crippen molar-refractivity contribution in [2.45, 2.75) is 27.7 Å². The third-order valence-electron chi connectivity index (χ3n) is 2.24. The van der Waals surface area contributed by atoms with Crippen LogP contribution in [0.5, 0.6) is 0 Å². The van der Waals surface area contributed by atoms with E-state index in [1.54, 1.807) is 0 Å². The second-order valence-corrected chi connectivity index (χ2v) is 3.27. The summed E-state index contributed by atoms with van der Waals surface area (Å²) in [7, 11) is 0. The molecular formula is C14H18. The van der Waals surface area contributed by atoms with Gasteiger partial charge < -0.3 is 0 Å². The van der Waals surface area contributed by atoms with Crippen LogP contribution in [0.4, 0.5) is 0 Å². The highest BCUT2D eigenvalue weighted by atomic mass is 14.1. The average molecular weight is 186 g/mol. The molecule has 2 atom stereocenters. The monoisotopic (exact) mass is 186 g/mol. The van der Waals surface area contributed by atoms with Crippen LogP contribution in [0.2, 0.25) is 0 Å². The summed E-state index contributed by atoms with van der Waals surface area (Å²) >= 11 is 0. The molecule has 0 fully saturated rings. The average Bonchev–Trinajstić information content (AvgIpc) is 2.22. The summed E-state index contributed by atoms with van der Waals surface area (Å²) < 4.78 is 0. The maximum atomic E-state index is 5.39. The molecular weight excluding hydrogens is 168 g/mol. The van der Waals surface area contributed by atoms with Crippen molar-refractivity contribution >= 4 is 0 Å². The topological polar surface area (TPSA) is 0 Å². The smallest absolute Gasteiger partial charge is 0.0244 e. The quantitative estimate of drug-likeness (QED) is 0.468. The van der Waals surface area contributed by atoms with Crippen LogP contribution in [0.15, 0.2) is 23.8 Å². The normalized spacial score (nSPS) is 15.5. The SMILES string of the molecule is C#CC(C)C(C)C(C#CC)=CC=CC. The van der Waals surface area contributed by atoms with Crippen molar-refractivity contribution in [2.24, 2.45) is 11.8 Å². The highest BCUT2D eigenvalue weighted by Gasteiger charge is 2.12. The first-order chi connectivity index (χ1) is 6.67. The van der Waals surface area contributed by atoms with E-state index in [0.717, 1.165) is 5.57 Å². The minimum absolute atomic E-state index is 0.229. The van der Waals surface area contributed by atoms with Gasteiger partial charge in [0.15, 0.2) is 0 Å². The van der Waals surface area contributed by atoms with Crippen LogP contribution in [-0.2, 0) is 0 Å². The van der Waals surface area contributed by atoms with Gasteiger partial charge in [0.05, 0.1) is 0 Å². The van der Waals surface area contributed by atoms with E-state index in [4.69, 9.17) is 6.42 Å². The van der Waals surface area contributed by atoms with Crippen molar-refractivity contribution in [3.63, 3.8) is 0 Å². The molecule has 0 aliphatic heterocycles. The van der Waals surface area contributed by atoms with Gasteiger partial charge in [0.2, 0.25) is 0 Å². The summed E-state index contributed by atoms with van der Waals surface area (Å²) in [6.45, 7) is 8.00. The van der Waals surface area contributed by atoms with E-state index in [-0.39, 0.29) is 5.92 Å². The first-order valence-electron chi connectivity index (χ1n) is 4.89. The number of rotatable bonds is 3. The van der Waals surface area contributed by atoms with E-state index in [1.807, 2.05) is 39.0 Å². The fourth-order valence-corrected chi connectivity index (χ4v) is 1.07. The Labute approximate surface area is 88.1 Å². The zero-order chi connectivity index (χ0) is 11.0. The van der Waals surface area contributed by atoms with Crippen LogP contribution in [0.25, 0.3) is 0 Å². The summed E-state index contributed by atoms with van der Waals surface area (Å²) in [5.41, 5.74) is 1.11. The number of hydrogen-bond acceptors (Lipinski definition) is 0. The van der Waals surface area contributed by atoms with E-state index in [1.165, 1.54) is 0 Å². The Kier molecular flexibility index (Phi) is 6.34. The van der Waals surface area contributed by atoms with Gasteiger partial charge in [-0.3, -0.25) is 0 Å². The first kappa shape index (κ1) is 12.6. The molecule has 0 heteroatoms. The molecule has 0 aromatic rings. The van der Waals surface area contributed by atoms with Gasteiger partial charge in [-0.2, -0.15) is 0 Å². The van der Waals surface area contributed by atoms with Crippen molar-refractivity contribution in [2.75, 3.05) is 0 Å². The van der Waals surface area contributed by atoms with E-state index < -0.39 is 0 Å². The van der Waals surface area contributed by atoms with E-state index in [2.05, 4.69) is 24.7 Å². The van der Waals surface area contributed by atoms with Gasteiger partial charge in [-0.25, -0.2) is 0 Å². The second kappa shape index (κ2) is 7.05. The highest BCUT2D eigenvalue weighted by molar-refractivity contribution is 5.34. The lowest BCUT2D eigenvalue weighted by Gasteiger charge is -2.14. The Morgan fingerprint density at radius 2 is 2.00 bits per heavy atom. The second-order valence-electron chi connectivity index (χ2n) is 3.27. The maximum Gasteiger partial charge on any atom is 0.0244 e. The minimum Gasteiger partial charge on any atom is -0.120 e. The standard InChI is InChI=1S/C14H18/c1-6-9-11-14(10-7-2)13(5)12(4)8-3/h3,6,9,11-13H,1-2,4-5H3. The fourth-order valence-electron chi connectivity index (χ4n) is 1.07. The third-order valence-corrected chi connectivity index (χ3v) is 2.24. The van der Waals surface area contributed by atoms with Crippen LogP contribution in [0, 0.1) is 36.0 Å². The molecule has 0 bridgehead atoms. The Hall–Kier alpha value is -1.40. The summed E-state index contributed by atoms with van der Waals surface area (Å²) in [6.07, 6.45) is 11.4. The molecule has 0 rings (SSSR count). The molecule has 0 radical (unpaired) electrons. The zero-order valence-electron chi connectivity index (χ0n) is 9.46. The minimum atomic E-state index is 0.229. The van der Waals surface area contributed by atoms with Gasteiger partial charge in [0.1, 0.15) is 0 Å². The molecule has 0 nitrogen and oxygen atoms in total. The van der Waals surface area contributed by atoms with Crippen molar-refractivity contribution in [3.8, 4) is 24.2 Å². The molecule has 0 aromatic carbocycles. The number of hydrogen-bond donors (Lipinski definition) is 0. The largest absolute Gasteiger partial charge is 0.120 e. The molecule has 2 unspecified atom stereocenters. The number of terminal acetylenes is 1. The molecule has 14 heavy (non-hydrogen) atoms. The van der Waals surface area contributed by atoms with E-state index in [0.29, 0.717) is 5.92 Å². The molecule has 0 amide bonds.